The average Bonchev–Trinajstić information content (AvgIpc) is 2.42. The third-order valence-corrected chi connectivity index (χ3v) is 2.60. The molecule has 2 aromatic rings. The van der Waals surface area contributed by atoms with Crippen molar-refractivity contribution in [3.8, 4) is 5.88 Å². The van der Waals surface area contributed by atoms with Crippen LogP contribution in [0.4, 0.5) is 5.69 Å². The van der Waals surface area contributed by atoms with Crippen molar-refractivity contribution in [2.24, 2.45) is 0 Å². The summed E-state index contributed by atoms with van der Waals surface area (Å²) in [6, 6.07) is 8.00. The Bertz CT molecular complexity index is 470. The second kappa shape index (κ2) is 6.00. The van der Waals surface area contributed by atoms with E-state index >= 15 is 0 Å². The van der Waals surface area contributed by atoms with E-state index in [0.29, 0.717) is 12.5 Å². The number of ether oxygens (including phenoxy) is 1. The minimum Gasteiger partial charge on any atom is -0.478 e. The Labute approximate surface area is 107 Å². The largest absolute Gasteiger partial charge is 0.478 e. The molecule has 1 N–H and O–H groups in total. The zero-order chi connectivity index (χ0) is 12.8. The van der Waals surface area contributed by atoms with E-state index in [1.165, 1.54) is 0 Å². The fourth-order valence-electron chi connectivity index (χ4n) is 1.66. The monoisotopic (exact) mass is 243 g/mol. The SMILES string of the molecule is CCOc1ccc(NC(C)c2cccnc2)cn1. The Hall–Kier alpha value is -2.10. The fourth-order valence-corrected chi connectivity index (χ4v) is 1.66. The first kappa shape index (κ1) is 12.4. The maximum Gasteiger partial charge on any atom is 0.213 e. The number of nitrogens with zero attached hydrogens (tertiary/aromatic N) is 2. The predicted molar refractivity (Wildman–Crippen MR) is 71.7 cm³/mol. The molecule has 0 radical (unpaired) electrons. The number of pyridine rings is 2. The summed E-state index contributed by atoms with van der Waals surface area (Å²) in [5.41, 5.74) is 2.11. The summed E-state index contributed by atoms with van der Waals surface area (Å²) in [5.74, 6) is 0.650. The number of aromatic nitrogens is 2. The van der Waals surface area contributed by atoms with Crippen LogP contribution in [0.3, 0.4) is 0 Å². The maximum absolute atomic E-state index is 5.30. The van der Waals surface area contributed by atoms with E-state index < -0.39 is 0 Å². The van der Waals surface area contributed by atoms with Crippen molar-refractivity contribution in [2.45, 2.75) is 19.9 Å². The number of nitrogens with one attached hydrogen (secondary N) is 1. The van der Waals surface area contributed by atoms with Crippen molar-refractivity contribution in [2.75, 3.05) is 11.9 Å². The van der Waals surface area contributed by atoms with Crippen molar-refractivity contribution in [1.82, 2.24) is 9.97 Å². The minimum atomic E-state index is 0.193. The zero-order valence-corrected chi connectivity index (χ0v) is 10.6. The van der Waals surface area contributed by atoms with Gasteiger partial charge in [0, 0.05) is 18.5 Å². The highest BCUT2D eigenvalue weighted by Gasteiger charge is 2.05. The van der Waals surface area contributed by atoms with Gasteiger partial charge in [0.05, 0.1) is 24.5 Å². The summed E-state index contributed by atoms with van der Waals surface area (Å²) >= 11 is 0. The Morgan fingerprint density at radius 1 is 1.28 bits per heavy atom. The second-order valence-electron chi connectivity index (χ2n) is 3.97. The van der Waals surface area contributed by atoms with Gasteiger partial charge in [-0.2, -0.15) is 0 Å². The normalized spacial score (nSPS) is 11.9. The van der Waals surface area contributed by atoms with Crippen molar-refractivity contribution in [3.63, 3.8) is 0 Å². The third kappa shape index (κ3) is 3.20. The van der Waals surface area contributed by atoms with Crippen LogP contribution in [0.25, 0.3) is 0 Å². The molecule has 0 saturated carbocycles. The first-order valence-corrected chi connectivity index (χ1v) is 6.05. The molecule has 0 bridgehead atoms. The van der Waals surface area contributed by atoms with Gasteiger partial charge in [0.1, 0.15) is 0 Å². The van der Waals surface area contributed by atoms with Crippen molar-refractivity contribution >= 4 is 5.69 Å². The molecule has 0 spiro atoms. The van der Waals surface area contributed by atoms with E-state index in [2.05, 4.69) is 22.2 Å². The summed E-state index contributed by atoms with van der Waals surface area (Å²) in [5, 5.41) is 3.37. The van der Waals surface area contributed by atoms with Crippen molar-refractivity contribution in [3.05, 3.63) is 48.4 Å². The van der Waals surface area contributed by atoms with Crippen LogP contribution in [0.1, 0.15) is 25.5 Å². The molecule has 2 rings (SSSR count). The summed E-state index contributed by atoms with van der Waals surface area (Å²) in [4.78, 5) is 8.33. The van der Waals surface area contributed by atoms with Crippen LogP contribution in [0, 0.1) is 0 Å². The molecule has 4 nitrogen and oxygen atoms in total. The molecule has 94 valence electrons. The van der Waals surface area contributed by atoms with E-state index in [4.69, 9.17) is 4.74 Å². The molecule has 2 aromatic heterocycles. The van der Waals surface area contributed by atoms with E-state index in [1.807, 2.05) is 37.4 Å². The van der Waals surface area contributed by atoms with E-state index in [9.17, 15) is 0 Å². The van der Waals surface area contributed by atoms with Gasteiger partial charge < -0.3 is 10.1 Å². The summed E-state index contributed by atoms with van der Waals surface area (Å²) < 4.78 is 5.30. The smallest absolute Gasteiger partial charge is 0.213 e. The number of hydrogen-bond donors (Lipinski definition) is 1. The molecule has 1 unspecified atom stereocenters. The first-order valence-electron chi connectivity index (χ1n) is 6.05. The highest BCUT2D eigenvalue weighted by atomic mass is 16.5. The van der Waals surface area contributed by atoms with Crippen LogP contribution in [-0.4, -0.2) is 16.6 Å². The standard InChI is InChI=1S/C14H17N3O/c1-3-18-14-7-6-13(10-16-14)17-11(2)12-5-4-8-15-9-12/h4-11,17H,3H2,1-2H3. The molecular formula is C14H17N3O. The van der Waals surface area contributed by atoms with Crippen LogP contribution >= 0.6 is 0 Å². The quantitative estimate of drug-likeness (QED) is 0.876. The molecule has 0 aliphatic heterocycles. The van der Waals surface area contributed by atoms with Gasteiger partial charge in [0.2, 0.25) is 5.88 Å². The van der Waals surface area contributed by atoms with Gasteiger partial charge in [-0.1, -0.05) is 6.07 Å². The van der Waals surface area contributed by atoms with Crippen molar-refractivity contribution < 1.29 is 4.74 Å². The molecule has 18 heavy (non-hydrogen) atoms. The topological polar surface area (TPSA) is 47.0 Å². The molecular weight excluding hydrogens is 226 g/mol. The second-order valence-corrected chi connectivity index (χ2v) is 3.97. The molecule has 0 aromatic carbocycles. The first-order chi connectivity index (χ1) is 8.79. The summed E-state index contributed by atoms with van der Waals surface area (Å²) in [6.45, 7) is 4.66. The van der Waals surface area contributed by atoms with Crippen LogP contribution in [-0.2, 0) is 0 Å². The molecule has 1 atom stereocenters. The predicted octanol–water partition coefficient (Wildman–Crippen LogP) is 3.05. The van der Waals surface area contributed by atoms with Crippen LogP contribution in [0.5, 0.6) is 5.88 Å². The highest BCUT2D eigenvalue weighted by molar-refractivity contribution is 5.44. The minimum absolute atomic E-state index is 0.193. The lowest BCUT2D eigenvalue weighted by Crippen LogP contribution is -2.07. The molecule has 4 heteroatoms. The van der Waals surface area contributed by atoms with Crippen LogP contribution in [0.2, 0.25) is 0 Å². The molecule has 0 amide bonds. The Balaban J connectivity index is 2.01. The van der Waals surface area contributed by atoms with E-state index in [1.54, 1.807) is 12.4 Å². The lowest BCUT2D eigenvalue weighted by atomic mass is 10.1. The Kier molecular flexibility index (Phi) is 4.12. The van der Waals surface area contributed by atoms with Gasteiger partial charge in [-0.05, 0) is 31.5 Å². The Morgan fingerprint density at radius 3 is 2.78 bits per heavy atom. The van der Waals surface area contributed by atoms with E-state index in [0.717, 1.165) is 11.3 Å². The van der Waals surface area contributed by atoms with Gasteiger partial charge in [-0.15, -0.1) is 0 Å². The summed E-state index contributed by atoms with van der Waals surface area (Å²) in [6.07, 6.45) is 5.41. The number of rotatable bonds is 5. The van der Waals surface area contributed by atoms with Gasteiger partial charge in [-0.3, -0.25) is 4.98 Å². The van der Waals surface area contributed by atoms with Gasteiger partial charge >= 0.3 is 0 Å². The van der Waals surface area contributed by atoms with E-state index in [-0.39, 0.29) is 6.04 Å². The summed E-state index contributed by atoms with van der Waals surface area (Å²) in [7, 11) is 0. The lowest BCUT2D eigenvalue weighted by Gasteiger charge is -2.15. The number of anilines is 1. The van der Waals surface area contributed by atoms with Gasteiger partial charge in [0.15, 0.2) is 0 Å². The molecule has 0 saturated heterocycles. The highest BCUT2D eigenvalue weighted by Crippen LogP contribution is 2.19. The zero-order valence-electron chi connectivity index (χ0n) is 10.6. The molecule has 2 heterocycles. The lowest BCUT2D eigenvalue weighted by molar-refractivity contribution is 0.327. The molecule has 0 fully saturated rings. The third-order valence-electron chi connectivity index (χ3n) is 2.60. The fraction of sp³-hybridized carbons (Fsp3) is 0.286. The maximum atomic E-state index is 5.30. The van der Waals surface area contributed by atoms with Gasteiger partial charge in [-0.25, -0.2) is 4.98 Å². The van der Waals surface area contributed by atoms with Crippen molar-refractivity contribution in [1.29, 1.82) is 0 Å². The van der Waals surface area contributed by atoms with Crippen LogP contribution in [0.15, 0.2) is 42.9 Å². The van der Waals surface area contributed by atoms with Crippen LogP contribution < -0.4 is 10.1 Å². The molecule has 0 aliphatic carbocycles. The Morgan fingerprint density at radius 2 is 2.17 bits per heavy atom. The molecule has 0 aliphatic rings. The average molecular weight is 243 g/mol. The number of hydrogen-bond acceptors (Lipinski definition) is 4. The van der Waals surface area contributed by atoms with Gasteiger partial charge in [0.25, 0.3) is 0 Å².